The van der Waals surface area contributed by atoms with Gasteiger partial charge in [0.05, 0.1) is 12.6 Å². The van der Waals surface area contributed by atoms with E-state index >= 15 is 0 Å². The van der Waals surface area contributed by atoms with Crippen molar-refractivity contribution in [3.8, 4) is 5.88 Å². The summed E-state index contributed by atoms with van der Waals surface area (Å²) >= 11 is 0. The number of aromatic amines is 1. The Balaban J connectivity index is 2.75. The lowest BCUT2D eigenvalue weighted by Gasteiger charge is -1.97. The van der Waals surface area contributed by atoms with Crippen LogP contribution in [0.2, 0.25) is 0 Å². The van der Waals surface area contributed by atoms with Crippen LogP contribution >= 0.6 is 0 Å². The largest absolute Gasteiger partial charge is 0.493 e. The van der Waals surface area contributed by atoms with Crippen molar-refractivity contribution in [2.24, 2.45) is 0 Å². The van der Waals surface area contributed by atoms with Gasteiger partial charge in [0.1, 0.15) is 0 Å². The van der Waals surface area contributed by atoms with Crippen molar-refractivity contribution in [2.75, 3.05) is 0 Å². The number of H-pyrrole nitrogens is 1. The molecule has 66 valence electrons. The second-order valence-corrected chi connectivity index (χ2v) is 2.25. The normalized spacial score (nSPS) is 10.0. The number of rotatable bonds is 3. The molecule has 0 aromatic carbocycles. The maximum absolute atomic E-state index is 10.8. The third-order valence-electron chi connectivity index (χ3n) is 1.40. The molecule has 0 spiro atoms. The van der Waals surface area contributed by atoms with Crippen LogP contribution in [0.5, 0.6) is 5.88 Å². The highest BCUT2D eigenvalue weighted by atomic mass is 16.4. The molecule has 1 rings (SSSR count). The van der Waals surface area contributed by atoms with Gasteiger partial charge in [-0.3, -0.25) is 9.36 Å². The number of nitrogens with one attached hydrogen (secondary N) is 1. The summed E-state index contributed by atoms with van der Waals surface area (Å²) in [5.74, 6) is -1.26. The van der Waals surface area contributed by atoms with Crippen molar-refractivity contribution in [3.63, 3.8) is 0 Å². The highest BCUT2D eigenvalue weighted by Gasteiger charge is 2.05. The summed E-state index contributed by atoms with van der Waals surface area (Å²) < 4.78 is 0.952. The quantitative estimate of drug-likeness (QED) is 0.564. The monoisotopic (exact) mass is 172 g/mol. The predicted molar refractivity (Wildman–Crippen MR) is 39.0 cm³/mol. The Morgan fingerprint density at radius 2 is 2.33 bits per heavy atom. The van der Waals surface area contributed by atoms with E-state index in [-0.39, 0.29) is 18.8 Å². The maximum atomic E-state index is 10.8. The molecule has 0 aliphatic carbocycles. The van der Waals surface area contributed by atoms with E-state index in [1.807, 2.05) is 0 Å². The molecule has 0 unspecified atom stereocenters. The zero-order valence-corrected chi connectivity index (χ0v) is 6.15. The lowest BCUT2D eigenvalue weighted by molar-refractivity contribution is -0.137. The van der Waals surface area contributed by atoms with Crippen molar-refractivity contribution in [2.45, 2.75) is 13.0 Å². The first kappa shape index (κ1) is 8.38. The van der Waals surface area contributed by atoms with Gasteiger partial charge < -0.3 is 15.2 Å². The van der Waals surface area contributed by atoms with Crippen molar-refractivity contribution < 1.29 is 15.0 Å². The first-order valence-electron chi connectivity index (χ1n) is 3.30. The number of nitrogens with zero attached hydrogens (tertiary/aromatic N) is 1. The molecule has 0 amide bonds. The van der Waals surface area contributed by atoms with Crippen LogP contribution in [0, 0.1) is 0 Å². The Hall–Kier alpha value is -1.72. The fraction of sp³-hybridized carbons (Fsp3) is 0.333. The Morgan fingerprint density at radius 3 is 2.75 bits per heavy atom. The number of aliphatic carboxylic acids is 1. The van der Waals surface area contributed by atoms with Crippen LogP contribution in [0.3, 0.4) is 0 Å². The molecule has 6 heteroatoms. The van der Waals surface area contributed by atoms with E-state index in [0.717, 1.165) is 10.8 Å². The summed E-state index contributed by atoms with van der Waals surface area (Å²) in [5.41, 5.74) is -0.506. The topological polar surface area (TPSA) is 95.3 Å². The first-order chi connectivity index (χ1) is 5.61. The van der Waals surface area contributed by atoms with Gasteiger partial charge in [-0.2, -0.15) is 0 Å². The van der Waals surface area contributed by atoms with Gasteiger partial charge in [-0.05, 0) is 0 Å². The minimum absolute atomic E-state index is 0.0243. The highest BCUT2D eigenvalue weighted by molar-refractivity contribution is 5.66. The fourth-order valence-electron chi connectivity index (χ4n) is 0.810. The molecule has 0 fully saturated rings. The first-order valence-corrected chi connectivity index (χ1v) is 3.30. The third-order valence-corrected chi connectivity index (χ3v) is 1.40. The number of imidazole rings is 1. The van der Waals surface area contributed by atoms with Gasteiger partial charge in [0.2, 0.25) is 5.88 Å². The van der Waals surface area contributed by atoms with Crippen molar-refractivity contribution in [3.05, 3.63) is 16.7 Å². The molecule has 1 aromatic rings. The average molecular weight is 172 g/mol. The van der Waals surface area contributed by atoms with E-state index in [1.54, 1.807) is 0 Å². The molecule has 0 aliphatic heterocycles. The van der Waals surface area contributed by atoms with Gasteiger partial charge in [-0.25, -0.2) is 4.79 Å². The van der Waals surface area contributed by atoms with E-state index in [4.69, 9.17) is 10.2 Å². The minimum atomic E-state index is -1.01. The molecule has 12 heavy (non-hydrogen) atoms. The Morgan fingerprint density at radius 1 is 1.67 bits per heavy atom. The Labute approximate surface area is 67.1 Å². The van der Waals surface area contributed by atoms with Gasteiger partial charge in [0.25, 0.3) is 0 Å². The van der Waals surface area contributed by atoms with E-state index in [9.17, 15) is 9.59 Å². The van der Waals surface area contributed by atoms with Crippen LogP contribution in [0.4, 0.5) is 0 Å². The molecule has 0 saturated carbocycles. The number of hydrogen-bond donors (Lipinski definition) is 3. The zero-order valence-electron chi connectivity index (χ0n) is 6.15. The average Bonchev–Trinajstić information content (AvgIpc) is 2.28. The SMILES string of the molecule is O=C(O)CCn1c(O)c[nH]c1=O. The second-order valence-electron chi connectivity index (χ2n) is 2.25. The van der Waals surface area contributed by atoms with Gasteiger partial charge >= 0.3 is 11.7 Å². The van der Waals surface area contributed by atoms with Gasteiger partial charge in [0, 0.05) is 6.54 Å². The van der Waals surface area contributed by atoms with E-state index in [0.29, 0.717) is 0 Å². The maximum Gasteiger partial charge on any atom is 0.328 e. The molecule has 0 radical (unpaired) electrons. The second kappa shape index (κ2) is 3.12. The molecule has 0 aliphatic rings. The highest BCUT2D eigenvalue weighted by Crippen LogP contribution is 2.02. The lowest BCUT2D eigenvalue weighted by Crippen LogP contribution is -2.18. The van der Waals surface area contributed by atoms with Crippen LogP contribution in [0.1, 0.15) is 6.42 Å². The minimum Gasteiger partial charge on any atom is -0.493 e. The molecule has 0 atom stereocenters. The van der Waals surface area contributed by atoms with Gasteiger partial charge in [-0.1, -0.05) is 0 Å². The van der Waals surface area contributed by atoms with Crippen LogP contribution in [-0.2, 0) is 11.3 Å². The number of carbonyl (C=O) groups is 1. The van der Waals surface area contributed by atoms with Crippen molar-refractivity contribution in [1.29, 1.82) is 0 Å². The van der Waals surface area contributed by atoms with Gasteiger partial charge in [0.15, 0.2) is 0 Å². The number of hydrogen-bond acceptors (Lipinski definition) is 3. The van der Waals surface area contributed by atoms with E-state index < -0.39 is 11.7 Å². The fourth-order valence-corrected chi connectivity index (χ4v) is 0.810. The number of aromatic nitrogens is 2. The molecule has 6 nitrogen and oxygen atoms in total. The molecule has 1 heterocycles. The standard InChI is InChI=1S/C6H8N2O4/c9-4-3-7-6(12)8(4)2-1-5(10)11/h3,9H,1-2H2,(H,7,12)(H,10,11). The number of aromatic hydroxyl groups is 1. The predicted octanol–water partition coefficient (Wildman–Crippen LogP) is -0.643. The molecule has 0 saturated heterocycles. The smallest absolute Gasteiger partial charge is 0.328 e. The summed E-state index contributed by atoms with van der Waals surface area (Å²) in [6.45, 7) is -0.0243. The third kappa shape index (κ3) is 1.66. The van der Waals surface area contributed by atoms with Crippen LogP contribution < -0.4 is 5.69 Å². The summed E-state index contributed by atoms with van der Waals surface area (Å²) in [6.07, 6.45) is 0.926. The number of carboxylic acids is 1. The molecule has 3 N–H and O–H groups in total. The Kier molecular flexibility index (Phi) is 2.18. The van der Waals surface area contributed by atoms with Gasteiger partial charge in [-0.15, -0.1) is 0 Å². The Bertz CT molecular complexity index is 338. The van der Waals surface area contributed by atoms with Crippen molar-refractivity contribution >= 4 is 5.97 Å². The molecular weight excluding hydrogens is 164 g/mol. The van der Waals surface area contributed by atoms with E-state index in [2.05, 4.69) is 4.98 Å². The van der Waals surface area contributed by atoms with Crippen LogP contribution in [0.25, 0.3) is 0 Å². The lowest BCUT2D eigenvalue weighted by atomic mass is 10.4. The molecule has 0 bridgehead atoms. The molecule has 1 aromatic heterocycles. The van der Waals surface area contributed by atoms with E-state index in [1.165, 1.54) is 0 Å². The summed E-state index contributed by atoms with van der Waals surface area (Å²) in [5, 5.41) is 17.3. The summed E-state index contributed by atoms with van der Waals surface area (Å²) in [7, 11) is 0. The summed E-state index contributed by atoms with van der Waals surface area (Å²) in [6, 6.07) is 0. The number of carboxylic acid groups (broad SMARTS) is 1. The molecular formula is C6H8N2O4. The zero-order chi connectivity index (χ0) is 9.14. The van der Waals surface area contributed by atoms with Crippen LogP contribution in [-0.4, -0.2) is 25.7 Å². The van der Waals surface area contributed by atoms with Crippen LogP contribution in [0.15, 0.2) is 11.0 Å². The summed E-state index contributed by atoms with van der Waals surface area (Å²) in [4.78, 5) is 23.1. The van der Waals surface area contributed by atoms with Crippen molar-refractivity contribution in [1.82, 2.24) is 9.55 Å².